The van der Waals surface area contributed by atoms with Crippen LogP contribution in [-0.2, 0) is 14.3 Å². The molecular weight excluding hydrogens is 394 g/mol. The van der Waals surface area contributed by atoms with Crippen LogP contribution in [0.4, 0.5) is 10.5 Å². The van der Waals surface area contributed by atoms with Crippen molar-refractivity contribution >= 4 is 35.2 Å². The standard InChI is InChI=1S/C21H28ClN3O4/c1-6-11-25-13(2)16(18(26)29-5)17(24-20(25)28)14-7-9-15(10-8-14)23-19(27)21(3,4)12-22/h7-10,17H,6,11-12H2,1-5H3,(H,23,27)(H,24,28). The Morgan fingerprint density at radius 3 is 2.41 bits per heavy atom. The maximum Gasteiger partial charge on any atom is 0.337 e. The molecule has 0 fully saturated rings. The van der Waals surface area contributed by atoms with E-state index in [0.29, 0.717) is 29.1 Å². The Morgan fingerprint density at radius 2 is 1.90 bits per heavy atom. The maximum absolute atomic E-state index is 12.5. The van der Waals surface area contributed by atoms with Crippen molar-refractivity contribution in [2.45, 2.75) is 40.2 Å². The van der Waals surface area contributed by atoms with Crippen LogP contribution in [0.3, 0.4) is 0 Å². The molecule has 0 radical (unpaired) electrons. The second kappa shape index (κ2) is 9.31. The second-order valence-electron chi connectivity index (χ2n) is 7.62. The number of methoxy groups -OCH3 is 1. The number of halogens is 1. The van der Waals surface area contributed by atoms with Crippen LogP contribution in [0.15, 0.2) is 35.5 Å². The summed E-state index contributed by atoms with van der Waals surface area (Å²) in [5.41, 5.74) is 1.59. The van der Waals surface area contributed by atoms with E-state index in [9.17, 15) is 14.4 Å². The van der Waals surface area contributed by atoms with E-state index in [2.05, 4.69) is 10.6 Å². The zero-order chi connectivity index (χ0) is 21.8. The molecule has 1 aliphatic heterocycles. The third-order valence-corrected chi connectivity index (χ3v) is 5.57. The average molecular weight is 422 g/mol. The molecule has 2 N–H and O–H groups in total. The summed E-state index contributed by atoms with van der Waals surface area (Å²) in [7, 11) is 1.32. The van der Waals surface area contributed by atoms with Gasteiger partial charge in [-0.05, 0) is 44.9 Å². The lowest BCUT2D eigenvalue weighted by atomic mass is 9.94. The molecule has 1 aliphatic rings. The molecule has 158 valence electrons. The summed E-state index contributed by atoms with van der Waals surface area (Å²) in [5, 5.41) is 5.71. The number of rotatable bonds is 7. The fraction of sp³-hybridized carbons (Fsp3) is 0.476. The number of anilines is 1. The van der Waals surface area contributed by atoms with Crippen LogP contribution in [0, 0.1) is 5.41 Å². The number of carbonyl (C=O) groups excluding carboxylic acids is 3. The van der Waals surface area contributed by atoms with E-state index >= 15 is 0 Å². The SMILES string of the molecule is CCCN1C(=O)NC(c2ccc(NC(=O)C(C)(C)CCl)cc2)C(C(=O)OC)=C1C. The summed E-state index contributed by atoms with van der Waals surface area (Å²) in [6.45, 7) is 7.74. The van der Waals surface area contributed by atoms with Crippen LogP contribution in [0.5, 0.6) is 0 Å². The van der Waals surface area contributed by atoms with Crippen molar-refractivity contribution in [3.63, 3.8) is 0 Å². The zero-order valence-electron chi connectivity index (χ0n) is 17.5. The minimum atomic E-state index is -0.696. The molecule has 1 aromatic rings. The molecular formula is C21H28ClN3O4. The highest BCUT2D eigenvalue weighted by molar-refractivity contribution is 6.20. The third-order valence-electron chi connectivity index (χ3n) is 4.90. The van der Waals surface area contributed by atoms with E-state index in [1.54, 1.807) is 49.9 Å². The van der Waals surface area contributed by atoms with Gasteiger partial charge < -0.3 is 15.4 Å². The molecule has 1 aromatic carbocycles. The molecule has 29 heavy (non-hydrogen) atoms. The molecule has 2 rings (SSSR count). The predicted molar refractivity (Wildman–Crippen MR) is 113 cm³/mol. The summed E-state index contributed by atoms with van der Waals surface area (Å²) in [6.07, 6.45) is 0.761. The largest absolute Gasteiger partial charge is 0.466 e. The van der Waals surface area contributed by atoms with Crippen molar-refractivity contribution in [2.75, 3.05) is 24.9 Å². The summed E-state index contributed by atoms with van der Waals surface area (Å²) in [6, 6.07) is 6.09. The number of benzene rings is 1. The van der Waals surface area contributed by atoms with Crippen molar-refractivity contribution in [1.29, 1.82) is 0 Å². The van der Waals surface area contributed by atoms with E-state index in [0.717, 1.165) is 6.42 Å². The van der Waals surface area contributed by atoms with Crippen LogP contribution in [0.2, 0.25) is 0 Å². The number of ether oxygens (including phenoxy) is 1. The number of hydrogen-bond donors (Lipinski definition) is 2. The first-order chi connectivity index (χ1) is 13.7. The van der Waals surface area contributed by atoms with E-state index in [1.165, 1.54) is 7.11 Å². The summed E-state index contributed by atoms with van der Waals surface area (Å²) in [5.74, 6) is -0.478. The van der Waals surface area contributed by atoms with Crippen LogP contribution >= 0.6 is 11.6 Å². The van der Waals surface area contributed by atoms with Gasteiger partial charge in [-0.25, -0.2) is 9.59 Å². The number of esters is 1. The van der Waals surface area contributed by atoms with Crippen molar-refractivity contribution in [3.8, 4) is 0 Å². The van der Waals surface area contributed by atoms with Crippen molar-refractivity contribution in [3.05, 3.63) is 41.1 Å². The minimum Gasteiger partial charge on any atom is -0.466 e. The smallest absolute Gasteiger partial charge is 0.337 e. The number of urea groups is 1. The highest BCUT2D eigenvalue weighted by Gasteiger charge is 2.36. The van der Waals surface area contributed by atoms with Gasteiger partial charge in [0.15, 0.2) is 0 Å². The summed E-state index contributed by atoms with van der Waals surface area (Å²) < 4.78 is 4.96. The Morgan fingerprint density at radius 1 is 1.28 bits per heavy atom. The van der Waals surface area contributed by atoms with Gasteiger partial charge in [0.2, 0.25) is 5.91 Å². The number of hydrogen-bond acceptors (Lipinski definition) is 4. The van der Waals surface area contributed by atoms with Crippen molar-refractivity contribution < 1.29 is 19.1 Å². The first-order valence-electron chi connectivity index (χ1n) is 9.50. The number of amides is 3. The molecule has 0 saturated carbocycles. The monoisotopic (exact) mass is 421 g/mol. The Hall–Kier alpha value is -2.54. The Balaban J connectivity index is 2.33. The first-order valence-corrected chi connectivity index (χ1v) is 10.0. The van der Waals surface area contributed by atoms with Crippen LogP contribution in [0.1, 0.15) is 45.7 Å². The predicted octanol–water partition coefficient (Wildman–Crippen LogP) is 3.81. The summed E-state index contributed by atoms with van der Waals surface area (Å²) >= 11 is 5.85. The quantitative estimate of drug-likeness (QED) is 0.517. The maximum atomic E-state index is 12.5. The fourth-order valence-corrected chi connectivity index (χ4v) is 3.14. The summed E-state index contributed by atoms with van der Waals surface area (Å²) in [4.78, 5) is 38.8. The Kier molecular flexibility index (Phi) is 7.30. The fourth-order valence-electron chi connectivity index (χ4n) is 3.02. The van der Waals surface area contributed by atoms with Crippen LogP contribution in [0.25, 0.3) is 0 Å². The lowest BCUT2D eigenvalue weighted by Crippen LogP contribution is -2.48. The zero-order valence-corrected chi connectivity index (χ0v) is 18.2. The number of nitrogens with one attached hydrogen (secondary N) is 2. The van der Waals surface area contributed by atoms with Gasteiger partial charge in [0, 0.05) is 23.8 Å². The molecule has 3 amide bonds. The highest BCUT2D eigenvalue weighted by Crippen LogP contribution is 2.32. The Bertz CT molecular complexity index is 818. The average Bonchev–Trinajstić information content (AvgIpc) is 2.70. The molecule has 0 saturated heterocycles. The first kappa shape index (κ1) is 22.7. The van der Waals surface area contributed by atoms with E-state index < -0.39 is 17.4 Å². The highest BCUT2D eigenvalue weighted by atomic mass is 35.5. The van der Waals surface area contributed by atoms with Gasteiger partial charge in [0.1, 0.15) is 0 Å². The van der Waals surface area contributed by atoms with Crippen molar-refractivity contribution in [1.82, 2.24) is 10.2 Å². The molecule has 0 aliphatic carbocycles. The number of alkyl halides is 1. The van der Waals surface area contributed by atoms with Crippen molar-refractivity contribution in [2.24, 2.45) is 5.41 Å². The number of allylic oxidation sites excluding steroid dienone is 1. The molecule has 0 aromatic heterocycles. The van der Waals surface area contributed by atoms with Gasteiger partial charge in [-0.1, -0.05) is 19.1 Å². The van der Waals surface area contributed by atoms with Crippen LogP contribution in [-0.4, -0.2) is 42.3 Å². The third kappa shape index (κ3) is 4.90. The van der Waals surface area contributed by atoms with E-state index in [-0.39, 0.29) is 17.8 Å². The number of nitrogens with zero attached hydrogens (tertiary/aromatic N) is 1. The minimum absolute atomic E-state index is 0.188. The van der Waals surface area contributed by atoms with Gasteiger partial charge in [-0.2, -0.15) is 0 Å². The van der Waals surface area contributed by atoms with E-state index in [1.807, 2.05) is 6.92 Å². The van der Waals surface area contributed by atoms with Gasteiger partial charge in [-0.3, -0.25) is 9.69 Å². The normalized spacial score (nSPS) is 17.1. The van der Waals surface area contributed by atoms with Gasteiger partial charge >= 0.3 is 12.0 Å². The molecule has 1 heterocycles. The molecule has 0 bridgehead atoms. The lowest BCUT2D eigenvalue weighted by Gasteiger charge is -2.35. The molecule has 1 unspecified atom stereocenters. The lowest BCUT2D eigenvalue weighted by molar-refractivity contribution is -0.136. The molecule has 7 nitrogen and oxygen atoms in total. The Labute approximate surface area is 176 Å². The number of carbonyl (C=O) groups is 3. The van der Waals surface area contributed by atoms with Gasteiger partial charge in [-0.15, -0.1) is 11.6 Å². The van der Waals surface area contributed by atoms with Gasteiger partial charge in [0.05, 0.1) is 24.1 Å². The van der Waals surface area contributed by atoms with Gasteiger partial charge in [0.25, 0.3) is 0 Å². The van der Waals surface area contributed by atoms with Crippen LogP contribution < -0.4 is 10.6 Å². The topological polar surface area (TPSA) is 87.7 Å². The molecule has 1 atom stereocenters. The molecule has 8 heteroatoms. The molecule has 0 spiro atoms. The second-order valence-corrected chi connectivity index (χ2v) is 7.89. The van der Waals surface area contributed by atoms with E-state index in [4.69, 9.17) is 16.3 Å².